The second-order valence-electron chi connectivity index (χ2n) is 7.78. The van der Waals surface area contributed by atoms with Gasteiger partial charge in [-0.25, -0.2) is 0 Å². The molecule has 2 rings (SSSR count). The largest absolute Gasteiger partial charge is 0.346 e. The van der Waals surface area contributed by atoms with Crippen molar-refractivity contribution in [3.63, 3.8) is 0 Å². The maximum atomic E-state index is 12.2. The third-order valence-electron chi connectivity index (χ3n) is 4.59. The molecule has 2 heteroatoms. The van der Waals surface area contributed by atoms with Gasteiger partial charge in [0.1, 0.15) is 0 Å². The lowest BCUT2D eigenvalue weighted by Crippen LogP contribution is -2.24. The number of hydrogen-bond donors (Lipinski definition) is 1. The third-order valence-corrected chi connectivity index (χ3v) is 4.59. The van der Waals surface area contributed by atoms with E-state index in [1.54, 1.807) is 6.08 Å². The molecule has 0 bridgehead atoms. The van der Waals surface area contributed by atoms with Crippen LogP contribution in [-0.2, 0) is 10.2 Å². The van der Waals surface area contributed by atoms with Crippen LogP contribution in [0.3, 0.4) is 0 Å². The summed E-state index contributed by atoms with van der Waals surface area (Å²) < 4.78 is 0. The number of aryl methyl sites for hydroxylation is 2. The first-order chi connectivity index (χ1) is 11.7. The van der Waals surface area contributed by atoms with Crippen LogP contribution in [0.4, 0.5) is 0 Å². The van der Waals surface area contributed by atoms with Crippen molar-refractivity contribution in [2.45, 2.75) is 53.0 Å². The maximum absolute atomic E-state index is 12.2. The molecule has 0 aliphatic rings. The van der Waals surface area contributed by atoms with E-state index in [9.17, 15) is 4.79 Å². The normalized spacial score (nSPS) is 13.0. The highest BCUT2D eigenvalue weighted by molar-refractivity contribution is 5.92. The van der Waals surface area contributed by atoms with Crippen LogP contribution in [0.1, 0.15) is 61.6 Å². The van der Waals surface area contributed by atoms with E-state index in [2.05, 4.69) is 82.4 Å². The van der Waals surface area contributed by atoms with Crippen molar-refractivity contribution in [2.75, 3.05) is 0 Å². The number of hydrogen-bond acceptors (Lipinski definition) is 1. The molecule has 25 heavy (non-hydrogen) atoms. The Bertz CT molecular complexity index is 764. The fraction of sp³-hybridized carbons (Fsp3) is 0.348. The maximum Gasteiger partial charge on any atom is 0.244 e. The molecule has 2 aromatic rings. The van der Waals surface area contributed by atoms with Gasteiger partial charge in [0.25, 0.3) is 0 Å². The Kier molecular flexibility index (Phi) is 5.84. The van der Waals surface area contributed by atoms with E-state index in [4.69, 9.17) is 0 Å². The standard InChI is InChI=1S/C23H29NO/c1-16-7-11-20(15-17(16)2)18(3)24-22(25)14-10-19-8-12-21(13-9-19)23(4,5)6/h7-15,18H,1-6H3,(H,24,25)/b14-10+/t18-/m0/s1. The van der Waals surface area contributed by atoms with Crippen LogP contribution in [-0.4, -0.2) is 5.91 Å². The molecule has 0 radical (unpaired) electrons. The predicted octanol–water partition coefficient (Wildman–Crippen LogP) is 5.49. The van der Waals surface area contributed by atoms with Crippen LogP contribution < -0.4 is 5.32 Å². The SMILES string of the molecule is Cc1ccc([C@H](C)NC(=O)/C=C/c2ccc(C(C)(C)C)cc2)cc1C. The number of amides is 1. The summed E-state index contributed by atoms with van der Waals surface area (Å²) in [6, 6.07) is 14.6. The van der Waals surface area contributed by atoms with Crippen molar-refractivity contribution in [1.82, 2.24) is 5.32 Å². The van der Waals surface area contributed by atoms with E-state index in [-0.39, 0.29) is 17.4 Å². The number of nitrogens with one attached hydrogen (secondary N) is 1. The van der Waals surface area contributed by atoms with E-state index in [1.165, 1.54) is 16.7 Å². The molecule has 0 aromatic heterocycles. The molecule has 0 spiro atoms. The fourth-order valence-corrected chi connectivity index (χ4v) is 2.64. The summed E-state index contributed by atoms with van der Waals surface area (Å²) >= 11 is 0. The minimum Gasteiger partial charge on any atom is -0.346 e. The molecule has 1 amide bonds. The van der Waals surface area contributed by atoms with Crippen LogP contribution in [0.5, 0.6) is 0 Å². The van der Waals surface area contributed by atoms with E-state index < -0.39 is 0 Å². The second-order valence-corrected chi connectivity index (χ2v) is 7.78. The van der Waals surface area contributed by atoms with E-state index in [1.807, 2.05) is 13.0 Å². The van der Waals surface area contributed by atoms with Crippen LogP contribution in [0.25, 0.3) is 6.08 Å². The monoisotopic (exact) mass is 335 g/mol. The average Bonchev–Trinajstić information content (AvgIpc) is 2.55. The van der Waals surface area contributed by atoms with Gasteiger partial charge in [0.15, 0.2) is 0 Å². The van der Waals surface area contributed by atoms with Gasteiger partial charge in [-0.3, -0.25) is 4.79 Å². The quantitative estimate of drug-likeness (QED) is 0.735. The van der Waals surface area contributed by atoms with Gasteiger partial charge in [-0.1, -0.05) is 63.2 Å². The van der Waals surface area contributed by atoms with Gasteiger partial charge < -0.3 is 5.32 Å². The van der Waals surface area contributed by atoms with Gasteiger partial charge >= 0.3 is 0 Å². The van der Waals surface area contributed by atoms with Crippen molar-refractivity contribution in [3.05, 3.63) is 76.4 Å². The Morgan fingerprint density at radius 3 is 2.20 bits per heavy atom. The molecule has 2 nitrogen and oxygen atoms in total. The van der Waals surface area contributed by atoms with Crippen molar-refractivity contribution in [1.29, 1.82) is 0 Å². The first kappa shape index (κ1) is 19.0. The Morgan fingerprint density at radius 2 is 1.64 bits per heavy atom. The van der Waals surface area contributed by atoms with Gasteiger partial charge in [-0.15, -0.1) is 0 Å². The minimum atomic E-state index is -0.0781. The molecule has 0 saturated heterocycles. The second kappa shape index (κ2) is 7.69. The number of benzene rings is 2. The lowest BCUT2D eigenvalue weighted by molar-refractivity contribution is -0.117. The van der Waals surface area contributed by atoms with Gasteiger partial charge in [0, 0.05) is 6.08 Å². The molecule has 0 saturated carbocycles. The molecule has 0 unspecified atom stereocenters. The van der Waals surface area contributed by atoms with E-state index in [0.717, 1.165) is 11.1 Å². The zero-order valence-corrected chi connectivity index (χ0v) is 16.2. The van der Waals surface area contributed by atoms with Gasteiger partial charge in [-0.2, -0.15) is 0 Å². The average molecular weight is 335 g/mol. The molecule has 0 fully saturated rings. The Morgan fingerprint density at radius 1 is 1.00 bits per heavy atom. The summed E-state index contributed by atoms with van der Waals surface area (Å²) in [5.74, 6) is -0.0781. The topological polar surface area (TPSA) is 29.1 Å². The van der Waals surface area contributed by atoms with Crippen LogP contribution in [0, 0.1) is 13.8 Å². The first-order valence-corrected chi connectivity index (χ1v) is 8.83. The molecule has 132 valence electrons. The van der Waals surface area contributed by atoms with Crippen molar-refractivity contribution >= 4 is 12.0 Å². The molecular weight excluding hydrogens is 306 g/mol. The summed E-state index contributed by atoms with van der Waals surface area (Å²) in [4.78, 5) is 12.2. The van der Waals surface area contributed by atoms with Gasteiger partial charge in [-0.05, 0) is 60.1 Å². The lowest BCUT2D eigenvalue weighted by Gasteiger charge is -2.18. The summed E-state index contributed by atoms with van der Waals surface area (Å²) in [5, 5.41) is 3.02. The molecule has 0 heterocycles. The minimum absolute atomic E-state index is 0.0142. The van der Waals surface area contributed by atoms with Crippen molar-refractivity contribution in [2.24, 2.45) is 0 Å². The molecule has 0 aliphatic heterocycles. The number of carbonyl (C=O) groups excluding carboxylic acids is 1. The van der Waals surface area contributed by atoms with Crippen LogP contribution in [0.2, 0.25) is 0 Å². The zero-order valence-electron chi connectivity index (χ0n) is 16.2. The Hall–Kier alpha value is -2.35. The third kappa shape index (κ3) is 5.32. The summed E-state index contributed by atoms with van der Waals surface area (Å²) in [6.07, 6.45) is 3.46. The van der Waals surface area contributed by atoms with Gasteiger partial charge in [0.05, 0.1) is 6.04 Å². The summed E-state index contributed by atoms with van der Waals surface area (Å²) in [7, 11) is 0. The van der Waals surface area contributed by atoms with E-state index >= 15 is 0 Å². The fourth-order valence-electron chi connectivity index (χ4n) is 2.64. The zero-order chi connectivity index (χ0) is 18.6. The lowest BCUT2D eigenvalue weighted by atomic mass is 9.87. The molecular formula is C23H29NO. The smallest absolute Gasteiger partial charge is 0.244 e. The molecule has 2 aromatic carbocycles. The molecule has 1 N–H and O–H groups in total. The van der Waals surface area contributed by atoms with Crippen molar-refractivity contribution in [3.8, 4) is 0 Å². The van der Waals surface area contributed by atoms with Crippen LogP contribution >= 0.6 is 0 Å². The highest BCUT2D eigenvalue weighted by Gasteiger charge is 2.12. The first-order valence-electron chi connectivity index (χ1n) is 8.83. The summed E-state index contributed by atoms with van der Waals surface area (Å²) in [5.41, 5.74) is 6.09. The highest BCUT2D eigenvalue weighted by Crippen LogP contribution is 2.22. The van der Waals surface area contributed by atoms with E-state index in [0.29, 0.717) is 0 Å². The van der Waals surface area contributed by atoms with Crippen molar-refractivity contribution < 1.29 is 4.79 Å². The number of rotatable bonds is 4. The molecule has 1 atom stereocenters. The summed E-state index contributed by atoms with van der Waals surface area (Å²) in [6.45, 7) is 12.8. The van der Waals surface area contributed by atoms with Gasteiger partial charge in [0.2, 0.25) is 5.91 Å². The van der Waals surface area contributed by atoms with Crippen LogP contribution in [0.15, 0.2) is 48.5 Å². The number of carbonyl (C=O) groups is 1. The predicted molar refractivity (Wildman–Crippen MR) is 107 cm³/mol. The molecule has 0 aliphatic carbocycles. The Labute approximate surface area is 152 Å². The highest BCUT2D eigenvalue weighted by atomic mass is 16.1. The Balaban J connectivity index is 1.99.